The molecule has 2 bridgehead atoms. The summed E-state index contributed by atoms with van der Waals surface area (Å²) in [7, 11) is -3.97. The molecule has 0 saturated heterocycles. The van der Waals surface area contributed by atoms with Crippen LogP contribution in [0.5, 0.6) is 0 Å². The Morgan fingerprint density at radius 3 is 2.31 bits per heavy atom. The van der Waals surface area contributed by atoms with Gasteiger partial charge in [0.1, 0.15) is 10.5 Å². The van der Waals surface area contributed by atoms with Gasteiger partial charge in [0.25, 0.3) is 0 Å². The van der Waals surface area contributed by atoms with Crippen molar-refractivity contribution >= 4 is 21.4 Å². The average molecular weight is 404 g/mol. The number of aryl methyl sites for hydroxylation is 1. The molecule has 29 heavy (non-hydrogen) atoms. The van der Waals surface area contributed by atoms with Gasteiger partial charge in [0.2, 0.25) is 0 Å². The third kappa shape index (κ3) is 1.32. The van der Waals surface area contributed by atoms with E-state index in [4.69, 9.17) is 0 Å². The maximum atomic E-state index is 14.2. The van der Waals surface area contributed by atoms with E-state index in [2.05, 4.69) is 0 Å². The summed E-state index contributed by atoms with van der Waals surface area (Å²) in [6.45, 7) is 1.90. The number of carbonyl (C=O) groups excluding carboxylic acids is 2. The minimum absolute atomic E-state index is 0.00433. The zero-order valence-electron chi connectivity index (χ0n) is 15.9. The second-order valence-electron chi connectivity index (χ2n) is 9.64. The molecule has 7 rings (SSSR count). The molecule has 0 aliphatic heterocycles. The standard InChI is InChI=1S/C24H20O4S/c1-12-7-9-14(10-8-12)29(27,28)24-16-11-15-17-19(16)23(22(24)26,13-5-3-2-4-6-13)20(17)21(25)18(15)24/h2-10,15-20H,11H2,1H3/t15?,16-,17+,18-,19-,20?,23+,24+/m0/s1. The fourth-order valence-electron chi connectivity index (χ4n) is 8.52. The first-order valence-electron chi connectivity index (χ1n) is 10.3. The molecule has 0 heterocycles. The highest BCUT2D eigenvalue weighted by molar-refractivity contribution is 7.93. The van der Waals surface area contributed by atoms with Gasteiger partial charge in [-0.3, -0.25) is 9.59 Å². The van der Waals surface area contributed by atoms with E-state index in [1.807, 2.05) is 37.3 Å². The SMILES string of the molecule is Cc1ccc(S(=O)(=O)[C@@]23C(=O)[C@@]4(c5ccccc5)C5C(=O)[C@@H]2C2C[C@H]3[C@H]4[C@@H]25)cc1. The van der Waals surface area contributed by atoms with Crippen LogP contribution in [-0.4, -0.2) is 24.7 Å². The topological polar surface area (TPSA) is 68.3 Å². The van der Waals surface area contributed by atoms with Crippen molar-refractivity contribution in [2.24, 2.45) is 35.5 Å². The summed E-state index contributed by atoms with van der Waals surface area (Å²) >= 11 is 0. The van der Waals surface area contributed by atoms with E-state index in [0.717, 1.165) is 11.1 Å². The molecule has 0 spiro atoms. The Morgan fingerprint density at radius 1 is 0.931 bits per heavy atom. The van der Waals surface area contributed by atoms with Crippen molar-refractivity contribution in [3.8, 4) is 0 Å². The summed E-state index contributed by atoms with van der Waals surface area (Å²) in [5.41, 5.74) is 0.886. The highest BCUT2D eigenvalue weighted by atomic mass is 32.2. The molecular formula is C24H20O4S. The third-order valence-electron chi connectivity index (χ3n) is 9.08. The van der Waals surface area contributed by atoms with Gasteiger partial charge in [0.05, 0.1) is 10.3 Å². The molecule has 4 nitrogen and oxygen atoms in total. The van der Waals surface area contributed by atoms with Gasteiger partial charge in [0.15, 0.2) is 15.6 Å². The van der Waals surface area contributed by atoms with E-state index in [-0.39, 0.29) is 46.1 Å². The summed E-state index contributed by atoms with van der Waals surface area (Å²) in [6.07, 6.45) is 0.702. The Bertz CT molecular complexity index is 1230. The zero-order chi connectivity index (χ0) is 19.9. The van der Waals surface area contributed by atoms with Gasteiger partial charge in [-0.1, -0.05) is 48.0 Å². The first-order chi connectivity index (χ1) is 13.9. The summed E-state index contributed by atoms with van der Waals surface area (Å²) in [6, 6.07) is 16.2. The quantitative estimate of drug-likeness (QED) is 0.789. The van der Waals surface area contributed by atoms with Gasteiger partial charge in [-0.25, -0.2) is 8.42 Å². The maximum absolute atomic E-state index is 14.2. The third-order valence-corrected chi connectivity index (χ3v) is 11.6. The number of ketones is 2. The van der Waals surface area contributed by atoms with Crippen molar-refractivity contribution in [2.45, 2.75) is 28.4 Å². The van der Waals surface area contributed by atoms with Crippen LogP contribution in [0.25, 0.3) is 0 Å². The number of rotatable bonds is 3. The van der Waals surface area contributed by atoms with Crippen LogP contribution in [0.15, 0.2) is 59.5 Å². The second-order valence-corrected chi connectivity index (χ2v) is 11.8. The van der Waals surface area contributed by atoms with Crippen LogP contribution in [-0.2, 0) is 24.8 Å². The Labute approximate surface area is 169 Å². The molecule has 5 aliphatic carbocycles. The Hall–Kier alpha value is -2.27. The van der Waals surface area contributed by atoms with E-state index in [1.165, 1.54) is 0 Å². The van der Waals surface area contributed by atoms with Crippen molar-refractivity contribution in [3.05, 3.63) is 65.7 Å². The molecule has 5 saturated carbocycles. The molecule has 0 radical (unpaired) electrons. The number of carbonyl (C=O) groups is 2. The predicted molar refractivity (Wildman–Crippen MR) is 105 cm³/mol. The summed E-state index contributed by atoms with van der Waals surface area (Å²) in [4.78, 5) is 28.0. The van der Waals surface area contributed by atoms with Crippen LogP contribution < -0.4 is 0 Å². The summed E-state index contributed by atoms with van der Waals surface area (Å²) in [5, 5.41) is 0. The molecule has 2 unspecified atom stereocenters. The number of benzene rings is 2. The lowest BCUT2D eigenvalue weighted by Crippen LogP contribution is -2.65. The number of hydrogen-bond donors (Lipinski definition) is 0. The molecule has 5 fully saturated rings. The Kier molecular flexibility index (Phi) is 2.60. The number of hydrogen-bond acceptors (Lipinski definition) is 4. The van der Waals surface area contributed by atoms with Crippen LogP contribution in [0.1, 0.15) is 17.5 Å². The molecule has 146 valence electrons. The normalized spacial score (nSPS) is 45.3. The van der Waals surface area contributed by atoms with Crippen LogP contribution >= 0.6 is 0 Å². The van der Waals surface area contributed by atoms with E-state index in [0.29, 0.717) is 6.42 Å². The average Bonchev–Trinajstić information content (AvgIpc) is 3.24. The van der Waals surface area contributed by atoms with Crippen LogP contribution in [0.3, 0.4) is 0 Å². The Morgan fingerprint density at radius 2 is 1.62 bits per heavy atom. The lowest BCUT2D eigenvalue weighted by Gasteiger charge is -2.54. The predicted octanol–water partition coefficient (Wildman–Crippen LogP) is 2.74. The fraction of sp³-hybridized carbons (Fsp3) is 0.417. The lowest BCUT2D eigenvalue weighted by molar-refractivity contribution is -0.149. The molecule has 5 aliphatic rings. The minimum Gasteiger partial charge on any atom is -0.299 e. The minimum atomic E-state index is -3.97. The van der Waals surface area contributed by atoms with Crippen molar-refractivity contribution in [2.75, 3.05) is 0 Å². The van der Waals surface area contributed by atoms with Gasteiger partial charge in [0, 0.05) is 11.8 Å². The van der Waals surface area contributed by atoms with Crippen LogP contribution in [0, 0.1) is 42.4 Å². The monoisotopic (exact) mass is 404 g/mol. The highest BCUT2D eigenvalue weighted by Crippen LogP contribution is 2.87. The van der Waals surface area contributed by atoms with Crippen molar-refractivity contribution in [1.82, 2.24) is 0 Å². The van der Waals surface area contributed by atoms with Gasteiger partial charge >= 0.3 is 0 Å². The molecule has 0 amide bonds. The maximum Gasteiger partial charge on any atom is 0.192 e. The smallest absolute Gasteiger partial charge is 0.192 e. The van der Waals surface area contributed by atoms with Crippen molar-refractivity contribution < 1.29 is 18.0 Å². The second kappa shape index (κ2) is 4.56. The fourth-order valence-corrected chi connectivity index (χ4v) is 11.1. The van der Waals surface area contributed by atoms with E-state index in [1.54, 1.807) is 24.3 Å². The van der Waals surface area contributed by atoms with Gasteiger partial charge in [-0.05, 0) is 54.7 Å². The Balaban J connectivity index is 1.53. The van der Waals surface area contributed by atoms with Crippen molar-refractivity contribution in [1.29, 1.82) is 0 Å². The molecule has 8 atom stereocenters. The molecule has 0 N–H and O–H groups in total. The molecule has 2 aromatic rings. The molecular weight excluding hydrogens is 384 g/mol. The van der Waals surface area contributed by atoms with Gasteiger partial charge in [-0.15, -0.1) is 0 Å². The van der Waals surface area contributed by atoms with Crippen LogP contribution in [0.4, 0.5) is 0 Å². The highest BCUT2D eigenvalue weighted by Gasteiger charge is 2.97. The first-order valence-corrected chi connectivity index (χ1v) is 11.8. The molecule has 0 aromatic heterocycles. The largest absolute Gasteiger partial charge is 0.299 e. The first kappa shape index (κ1) is 16.5. The molecule has 5 heteroatoms. The zero-order valence-corrected chi connectivity index (χ0v) is 16.7. The lowest BCUT2D eigenvalue weighted by atomic mass is 9.46. The number of sulfone groups is 1. The van der Waals surface area contributed by atoms with E-state index in [9.17, 15) is 18.0 Å². The van der Waals surface area contributed by atoms with Gasteiger partial charge < -0.3 is 0 Å². The number of fused-ring (bicyclic) bond motifs is 2. The number of Topliss-reactive ketones (excluding diaryl/α,β-unsaturated/α-hetero) is 2. The summed E-state index contributed by atoms with van der Waals surface area (Å²) < 4.78 is 26.6. The van der Waals surface area contributed by atoms with Crippen LogP contribution in [0.2, 0.25) is 0 Å². The molecule has 2 aromatic carbocycles. The van der Waals surface area contributed by atoms with Gasteiger partial charge in [-0.2, -0.15) is 0 Å². The van der Waals surface area contributed by atoms with Crippen molar-refractivity contribution in [3.63, 3.8) is 0 Å². The van der Waals surface area contributed by atoms with E-state index >= 15 is 0 Å². The summed E-state index contributed by atoms with van der Waals surface area (Å²) in [5.74, 6) is -1.08. The van der Waals surface area contributed by atoms with E-state index < -0.39 is 25.9 Å².